The number of rotatable bonds is 7. The Morgan fingerprint density at radius 2 is 1.47 bits per heavy atom. The lowest BCUT2D eigenvalue weighted by atomic mass is 10.1. The first-order valence-corrected chi connectivity index (χ1v) is 10.3. The molecule has 5 nitrogen and oxygen atoms in total. The lowest BCUT2D eigenvalue weighted by Crippen LogP contribution is -2.26. The van der Waals surface area contributed by atoms with Gasteiger partial charge in [-0.2, -0.15) is 0 Å². The number of fused-ring (bicyclic) bond motifs is 2. The Morgan fingerprint density at radius 1 is 0.900 bits per heavy atom. The van der Waals surface area contributed by atoms with Crippen molar-refractivity contribution in [2.24, 2.45) is 0 Å². The zero-order valence-electron chi connectivity index (χ0n) is 17.4. The number of carboxylic acid groups (broad SMARTS) is 1. The summed E-state index contributed by atoms with van der Waals surface area (Å²) >= 11 is 0. The molecule has 0 unspecified atom stereocenters. The molecular formula is C25H27NO4. The summed E-state index contributed by atoms with van der Waals surface area (Å²) in [6.45, 7) is 5.19. The number of carboxylic acids is 1. The van der Waals surface area contributed by atoms with Crippen molar-refractivity contribution in [3.05, 3.63) is 78.4 Å². The van der Waals surface area contributed by atoms with Gasteiger partial charge in [0.25, 0.3) is 0 Å². The third kappa shape index (κ3) is 5.11. The monoisotopic (exact) mass is 405 g/mol. The van der Waals surface area contributed by atoms with Gasteiger partial charge in [-0.15, -0.1) is 0 Å². The van der Waals surface area contributed by atoms with Crippen LogP contribution >= 0.6 is 0 Å². The van der Waals surface area contributed by atoms with Crippen LogP contribution in [0, 0.1) is 0 Å². The smallest absolute Gasteiger partial charge is 0.303 e. The fourth-order valence-electron chi connectivity index (χ4n) is 3.28. The van der Waals surface area contributed by atoms with Crippen LogP contribution in [0.25, 0.3) is 0 Å². The highest BCUT2D eigenvalue weighted by atomic mass is 16.5. The number of hydrogen-bond donors (Lipinski definition) is 1. The van der Waals surface area contributed by atoms with Crippen LogP contribution in [0.5, 0.6) is 17.2 Å². The first-order chi connectivity index (χ1) is 14.7. The van der Waals surface area contributed by atoms with E-state index in [1.54, 1.807) is 0 Å². The summed E-state index contributed by atoms with van der Waals surface area (Å²) in [6, 6.07) is 23.6. The highest BCUT2D eigenvalue weighted by Crippen LogP contribution is 2.45. The molecule has 4 rings (SSSR count). The highest BCUT2D eigenvalue weighted by molar-refractivity contribution is 5.77. The quantitative estimate of drug-likeness (QED) is 0.518. The predicted octanol–water partition coefficient (Wildman–Crippen LogP) is 6.05. The van der Waals surface area contributed by atoms with Crippen molar-refractivity contribution >= 4 is 17.3 Å². The predicted molar refractivity (Wildman–Crippen MR) is 119 cm³/mol. The van der Waals surface area contributed by atoms with Gasteiger partial charge in [0.05, 0.1) is 17.9 Å². The first-order valence-electron chi connectivity index (χ1n) is 10.3. The molecule has 1 aliphatic rings. The van der Waals surface area contributed by atoms with E-state index in [-0.39, 0.29) is 6.42 Å². The van der Waals surface area contributed by atoms with Crippen LogP contribution < -0.4 is 14.4 Å². The molecule has 3 aromatic carbocycles. The standard InChI is InChI=1S/C23H21NO4.C2H6/c25-23(26)14-11-17-9-12-18(13-10-17)27-16-15-24-19-5-1-3-7-21(19)28-22-8-4-2-6-20(22)24;1-2/h1-10,12-13H,11,14-16H2,(H,25,26);1-2H3. The van der Waals surface area contributed by atoms with E-state index in [0.717, 1.165) is 34.2 Å². The molecule has 3 aromatic rings. The fourth-order valence-corrected chi connectivity index (χ4v) is 3.28. The van der Waals surface area contributed by atoms with Crippen LogP contribution in [0.4, 0.5) is 11.4 Å². The maximum absolute atomic E-state index is 10.7. The molecule has 1 N–H and O–H groups in total. The largest absolute Gasteiger partial charge is 0.492 e. The van der Waals surface area contributed by atoms with Gasteiger partial charge >= 0.3 is 5.97 Å². The zero-order chi connectivity index (χ0) is 21.3. The van der Waals surface area contributed by atoms with E-state index in [1.165, 1.54) is 0 Å². The molecule has 156 valence electrons. The molecule has 0 atom stereocenters. The van der Waals surface area contributed by atoms with Gasteiger partial charge in [-0.1, -0.05) is 50.2 Å². The van der Waals surface area contributed by atoms with Crippen molar-refractivity contribution in [3.63, 3.8) is 0 Å². The molecule has 0 fully saturated rings. The molecule has 1 aliphatic heterocycles. The molecule has 1 heterocycles. The summed E-state index contributed by atoms with van der Waals surface area (Å²) < 4.78 is 11.9. The number of carbonyl (C=O) groups is 1. The van der Waals surface area contributed by atoms with E-state index < -0.39 is 5.97 Å². The average molecular weight is 405 g/mol. The van der Waals surface area contributed by atoms with E-state index in [9.17, 15) is 4.79 Å². The summed E-state index contributed by atoms with van der Waals surface area (Å²) in [4.78, 5) is 12.9. The van der Waals surface area contributed by atoms with Crippen LogP contribution in [0.2, 0.25) is 0 Å². The van der Waals surface area contributed by atoms with Gasteiger partial charge in [-0.25, -0.2) is 0 Å². The molecule has 0 radical (unpaired) electrons. The van der Waals surface area contributed by atoms with Crippen LogP contribution in [0.1, 0.15) is 25.8 Å². The average Bonchev–Trinajstić information content (AvgIpc) is 2.79. The Kier molecular flexibility index (Phi) is 7.33. The van der Waals surface area contributed by atoms with Crippen LogP contribution in [0.3, 0.4) is 0 Å². The Morgan fingerprint density at radius 3 is 2.03 bits per heavy atom. The molecule has 0 aromatic heterocycles. The Hall–Kier alpha value is -3.47. The number of nitrogens with zero attached hydrogens (tertiary/aromatic N) is 1. The van der Waals surface area contributed by atoms with E-state index in [4.69, 9.17) is 14.6 Å². The first kappa shape index (κ1) is 21.2. The minimum atomic E-state index is -0.786. The molecule has 30 heavy (non-hydrogen) atoms. The zero-order valence-corrected chi connectivity index (χ0v) is 17.4. The van der Waals surface area contributed by atoms with Gasteiger partial charge in [0.1, 0.15) is 12.4 Å². The minimum Gasteiger partial charge on any atom is -0.492 e. The Labute approximate surface area is 177 Å². The van der Waals surface area contributed by atoms with E-state index in [0.29, 0.717) is 19.6 Å². The maximum atomic E-state index is 10.7. The molecule has 0 saturated heterocycles. The number of hydrogen-bond acceptors (Lipinski definition) is 4. The lowest BCUT2D eigenvalue weighted by molar-refractivity contribution is -0.136. The van der Waals surface area contributed by atoms with Crippen molar-refractivity contribution in [3.8, 4) is 17.2 Å². The number of aliphatic carboxylic acids is 1. The summed E-state index contributed by atoms with van der Waals surface area (Å²) in [5.41, 5.74) is 3.04. The van der Waals surface area contributed by atoms with Crippen LogP contribution in [0.15, 0.2) is 72.8 Å². The van der Waals surface area contributed by atoms with Crippen molar-refractivity contribution in [1.29, 1.82) is 0 Å². The van der Waals surface area contributed by atoms with Gasteiger partial charge in [0, 0.05) is 6.42 Å². The Balaban J connectivity index is 0.00000124. The number of benzene rings is 3. The van der Waals surface area contributed by atoms with E-state index in [1.807, 2.05) is 86.6 Å². The van der Waals surface area contributed by atoms with Crippen molar-refractivity contribution < 1.29 is 19.4 Å². The van der Waals surface area contributed by atoms with Crippen molar-refractivity contribution in [1.82, 2.24) is 0 Å². The topological polar surface area (TPSA) is 59.0 Å². The van der Waals surface area contributed by atoms with Gasteiger partial charge in [-0.05, 0) is 48.4 Å². The molecule has 0 saturated carbocycles. The normalized spacial score (nSPS) is 11.3. The number of anilines is 2. The summed E-state index contributed by atoms with van der Waals surface area (Å²) in [5.74, 6) is 1.66. The SMILES string of the molecule is CC.O=C(O)CCc1ccc(OCCN2c3ccccc3Oc3ccccc32)cc1. The Bertz CT molecular complexity index is 923. The summed E-state index contributed by atoms with van der Waals surface area (Å²) in [5, 5.41) is 8.77. The second kappa shape index (κ2) is 10.3. The molecule has 0 bridgehead atoms. The van der Waals surface area contributed by atoms with Crippen LogP contribution in [-0.4, -0.2) is 24.2 Å². The molecule has 5 heteroatoms. The third-order valence-electron chi connectivity index (χ3n) is 4.67. The lowest BCUT2D eigenvalue weighted by Gasteiger charge is -2.32. The minimum absolute atomic E-state index is 0.135. The summed E-state index contributed by atoms with van der Waals surface area (Å²) in [6.07, 6.45) is 0.660. The van der Waals surface area contributed by atoms with Gasteiger partial charge in [-0.3, -0.25) is 4.79 Å². The summed E-state index contributed by atoms with van der Waals surface area (Å²) in [7, 11) is 0. The molecule has 0 amide bonds. The van der Waals surface area contributed by atoms with Gasteiger partial charge in [0.15, 0.2) is 11.5 Å². The number of aryl methyl sites for hydroxylation is 1. The van der Waals surface area contributed by atoms with Crippen molar-refractivity contribution in [2.75, 3.05) is 18.1 Å². The molecule has 0 aliphatic carbocycles. The molecule has 0 spiro atoms. The fraction of sp³-hybridized carbons (Fsp3) is 0.240. The van der Waals surface area contributed by atoms with E-state index in [2.05, 4.69) is 4.90 Å². The third-order valence-corrected chi connectivity index (χ3v) is 4.67. The van der Waals surface area contributed by atoms with Crippen LogP contribution in [-0.2, 0) is 11.2 Å². The second-order valence-electron chi connectivity index (χ2n) is 6.58. The van der Waals surface area contributed by atoms with Gasteiger partial charge < -0.3 is 19.5 Å². The maximum Gasteiger partial charge on any atom is 0.303 e. The van der Waals surface area contributed by atoms with E-state index >= 15 is 0 Å². The number of ether oxygens (including phenoxy) is 2. The van der Waals surface area contributed by atoms with Gasteiger partial charge in [0.2, 0.25) is 0 Å². The second-order valence-corrected chi connectivity index (χ2v) is 6.58. The van der Waals surface area contributed by atoms with Crippen molar-refractivity contribution in [2.45, 2.75) is 26.7 Å². The number of para-hydroxylation sites is 4. The molecular weight excluding hydrogens is 378 g/mol. The highest BCUT2D eigenvalue weighted by Gasteiger charge is 2.23.